The first kappa shape index (κ1) is 14.8. The summed E-state index contributed by atoms with van der Waals surface area (Å²) < 4.78 is 0. The molecule has 3 heterocycles. The Balaban J connectivity index is 1.53. The van der Waals surface area contributed by atoms with Gasteiger partial charge in [-0.05, 0) is 51.0 Å². The number of fused-ring (bicyclic) bond motifs is 1. The summed E-state index contributed by atoms with van der Waals surface area (Å²) in [5, 5.41) is 8.97. The molecule has 2 aliphatic heterocycles. The number of carboxylic acids is 1. The lowest BCUT2D eigenvalue weighted by Gasteiger charge is -2.41. The maximum absolute atomic E-state index is 10.9. The van der Waals surface area contributed by atoms with Gasteiger partial charge in [0, 0.05) is 49.0 Å². The summed E-state index contributed by atoms with van der Waals surface area (Å²) in [6.07, 6.45) is 1.59. The Hall–Kier alpha value is -1.78. The van der Waals surface area contributed by atoms with E-state index in [0.717, 1.165) is 31.1 Å². The lowest BCUT2D eigenvalue weighted by molar-refractivity contribution is -0.137. The molecule has 0 amide bonds. The molecule has 1 aromatic heterocycles. The quantitative estimate of drug-likeness (QED) is 0.925. The van der Waals surface area contributed by atoms with E-state index in [4.69, 9.17) is 10.1 Å². The van der Waals surface area contributed by atoms with Crippen molar-refractivity contribution in [1.29, 1.82) is 0 Å². The molecule has 1 aliphatic carbocycles. The molecule has 1 saturated carbocycles. The number of hydrogen-bond acceptors (Lipinski definition) is 4. The summed E-state index contributed by atoms with van der Waals surface area (Å²) in [4.78, 5) is 20.5. The second-order valence-electron chi connectivity index (χ2n) is 7.56. The Kier molecular flexibility index (Phi) is 3.29. The van der Waals surface area contributed by atoms with Gasteiger partial charge in [-0.1, -0.05) is 0 Å². The van der Waals surface area contributed by atoms with Gasteiger partial charge < -0.3 is 14.9 Å². The predicted molar refractivity (Wildman–Crippen MR) is 90.1 cm³/mol. The number of nitrogens with zero attached hydrogens (tertiary/aromatic N) is 3. The maximum atomic E-state index is 10.9. The van der Waals surface area contributed by atoms with Crippen molar-refractivity contribution in [2.45, 2.75) is 39.7 Å². The summed E-state index contributed by atoms with van der Waals surface area (Å²) >= 11 is 0. The second kappa shape index (κ2) is 5.11. The van der Waals surface area contributed by atoms with E-state index < -0.39 is 5.97 Å². The van der Waals surface area contributed by atoms with Crippen molar-refractivity contribution >= 4 is 17.5 Å². The van der Waals surface area contributed by atoms with Gasteiger partial charge in [-0.3, -0.25) is 4.79 Å². The Labute approximate surface area is 137 Å². The van der Waals surface area contributed by atoms with Crippen LogP contribution in [0.4, 0.5) is 11.5 Å². The molecule has 23 heavy (non-hydrogen) atoms. The fraction of sp³-hybridized carbons (Fsp3) is 0.667. The fourth-order valence-corrected chi connectivity index (χ4v) is 4.49. The molecule has 0 bridgehead atoms. The van der Waals surface area contributed by atoms with E-state index in [9.17, 15) is 4.79 Å². The minimum Gasteiger partial charge on any atom is -0.481 e. The number of aliphatic carboxylic acids is 1. The number of carbonyl (C=O) groups is 1. The van der Waals surface area contributed by atoms with Crippen LogP contribution in [-0.4, -0.2) is 41.7 Å². The number of anilines is 2. The van der Waals surface area contributed by atoms with Crippen LogP contribution in [0.5, 0.6) is 0 Å². The molecule has 3 fully saturated rings. The number of rotatable bonds is 4. The van der Waals surface area contributed by atoms with Gasteiger partial charge in [-0.25, -0.2) is 4.98 Å². The molecule has 0 aromatic carbocycles. The van der Waals surface area contributed by atoms with E-state index >= 15 is 0 Å². The van der Waals surface area contributed by atoms with Crippen LogP contribution < -0.4 is 9.80 Å². The number of hydrogen-bond donors (Lipinski definition) is 1. The lowest BCUT2D eigenvalue weighted by atomic mass is 10.0. The van der Waals surface area contributed by atoms with Gasteiger partial charge in [0.15, 0.2) is 0 Å². The molecule has 5 nitrogen and oxygen atoms in total. The number of carboxylic acid groups (broad SMARTS) is 1. The van der Waals surface area contributed by atoms with Gasteiger partial charge in [0.1, 0.15) is 5.82 Å². The van der Waals surface area contributed by atoms with Gasteiger partial charge >= 0.3 is 5.97 Å². The minimum atomic E-state index is -0.652. The van der Waals surface area contributed by atoms with Crippen molar-refractivity contribution in [3.05, 3.63) is 17.3 Å². The Morgan fingerprint density at radius 3 is 2.57 bits per heavy atom. The number of aryl methyl sites for hydroxylation is 1. The van der Waals surface area contributed by atoms with Gasteiger partial charge in [0.25, 0.3) is 0 Å². The molecule has 2 saturated heterocycles. The number of piperidine rings is 1. The largest absolute Gasteiger partial charge is 0.481 e. The molecule has 124 valence electrons. The van der Waals surface area contributed by atoms with Crippen LogP contribution >= 0.6 is 0 Å². The maximum Gasteiger partial charge on any atom is 0.303 e. The van der Waals surface area contributed by atoms with Crippen LogP contribution in [0.3, 0.4) is 0 Å². The van der Waals surface area contributed by atoms with Crippen molar-refractivity contribution in [3.8, 4) is 0 Å². The van der Waals surface area contributed by atoms with E-state index in [-0.39, 0.29) is 0 Å². The van der Waals surface area contributed by atoms with E-state index in [1.165, 1.54) is 17.7 Å². The third-order valence-corrected chi connectivity index (χ3v) is 6.06. The summed E-state index contributed by atoms with van der Waals surface area (Å²) in [5.41, 5.74) is 3.65. The molecule has 4 atom stereocenters. The second-order valence-corrected chi connectivity index (χ2v) is 7.56. The van der Waals surface area contributed by atoms with Crippen LogP contribution in [0.15, 0.2) is 6.07 Å². The normalized spacial score (nSPS) is 31.8. The topological polar surface area (TPSA) is 56.7 Å². The monoisotopic (exact) mass is 315 g/mol. The Bertz CT molecular complexity index is 648. The zero-order valence-corrected chi connectivity index (χ0v) is 14.1. The van der Waals surface area contributed by atoms with Crippen LogP contribution in [0, 0.1) is 31.6 Å². The van der Waals surface area contributed by atoms with E-state index in [2.05, 4.69) is 36.6 Å². The lowest BCUT2D eigenvalue weighted by Crippen LogP contribution is -2.46. The molecule has 3 aliphatic rings. The van der Waals surface area contributed by atoms with Gasteiger partial charge in [0.05, 0.1) is 0 Å². The summed E-state index contributed by atoms with van der Waals surface area (Å²) in [6.45, 7) is 9.61. The summed E-state index contributed by atoms with van der Waals surface area (Å²) in [7, 11) is 0. The third-order valence-electron chi connectivity index (χ3n) is 6.06. The highest BCUT2D eigenvalue weighted by molar-refractivity contribution is 5.69. The molecular formula is C18H25N3O2. The van der Waals surface area contributed by atoms with Crippen LogP contribution in [0.25, 0.3) is 0 Å². The van der Waals surface area contributed by atoms with Crippen LogP contribution in [0.2, 0.25) is 0 Å². The first-order valence-corrected chi connectivity index (χ1v) is 8.67. The molecule has 0 spiro atoms. The zero-order chi connectivity index (χ0) is 16.3. The third kappa shape index (κ3) is 2.37. The first-order valence-electron chi connectivity index (χ1n) is 8.67. The van der Waals surface area contributed by atoms with Crippen LogP contribution in [-0.2, 0) is 4.79 Å². The van der Waals surface area contributed by atoms with E-state index in [0.29, 0.717) is 30.2 Å². The number of pyridine rings is 1. The summed E-state index contributed by atoms with van der Waals surface area (Å²) in [5.74, 6) is 2.04. The highest BCUT2D eigenvalue weighted by atomic mass is 16.4. The standard InChI is InChI=1S/C18H25N3O2/c1-10-6-16(12(3)18(19-10)21-5-4-11(21)2)20-8-14-13(7-17(22)23)15(14)9-20/h6,11,13-15H,4-5,7-9H2,1-3H3,(H,22,23)/t11-,13-,14-,15+/m0/s1. The predicted octanol–water partition coefficient (Wildman–Crippen LogP) is 2.45. The average molecular weight is 315 g/mol. The van der Waals surface area contributed by atoms with Crippen molar-refractivity contribution in [1.82, 2.24) is 4.98 Å². The zero-order valence-electron chi connectivity index (χ0n) is 14.1. The van der Waals surface area contributed by atoms with Crippen molar-refractivity contribution in [2.75, 3.05) is 29.4 Å². The molecule has 5 heteroatoms. The van der Waals surface area contributed by atoms with Gasteiger partial charge in [-0.15, -0.1) is 0 Å². The number of aromatic nitrogens is 1. The molecule has 4 rings (SSSR count). The smallest absolute Gasteiger partial charge is 0.303 e. The van der Waals surface area contributed by atoms with Crippen molar-refractivity contribution in [3.63, 3.8) is 0 Å². The first-order chi connectivity index (χ1) is 11.0. The SMILES string of the molecule is Cc1cc(N2C[C@@H]3[C@@H](CC(=O)O)[C@@H]3C2)c(C)c(N2CC[C@@H]2C)n1. The van der Waals surface area contributed by atoms with E-state index in [1.54, 1.807) is 0 Å². The van der Waals surface area contributed by atoms with Crippen LogP contribution in [0.1, 0.15) is 31.0 Å². The molecule has 1 N–H and O–H groups in total. The fourth-order valence-electron chi connectivity index (χ4n) is 4.49. The molecule has 0 unspecified atom stereocenters. The Morgan fingerprint density at radius 2 is 2.04 bits per heavy atom. The molecule has 0 radical (unpaired) electrons. The highest BCUT2D eigenvalue weighted by Gasteiger charge is 2.56. The molecular weight excluding hydrogens is 290 g/mol. The minimum absolute atomic E-state index is 0.341. The van der Waals surface area contributed by atoms with Crippen molar-refractivity contribution in [2.24, 2.45) is 17.8 Å². The molecule has 1 aromatic rings. The average Bonchev–Trinajstić information content (AvgIpc) is 2.93. The van der Waals surface area contributed by atoms with Crippen molar-refractivity contribution < 1.29 is 9.90 Å². The summed E-state index contributed by atoms with van der Waals surface area (Å²) in [6, 6.07) is 2.78. The van der Waals surface area contributed by atoms with Gasteiger partial charge in [0.2, 0.25) is 0 Å². The van der Waals surface area contributed by atoms with Gasteiger partial charge in [-0.2, -0.15) is 0 Å². The highest BCUT2D eigenvalue weighted by Crippen LogP contribution is 2.54. The van der Waals surface area contributed by atoms with E-state index in [1.807, 2.05) is 0 Å². The Morgan fingerprint density at radius 1 is 1.35 bits per heavy atom.